The molecule has 0 aromatic carbocycles. The Hall–Kier alpha value is -0.830. The highest BCUT2D eigenvalue weighted by atomic mass is 19.1. The van der Waals surface area contributed by atoms with Gasteiger partial charge in [-0.2, -0.15) is 4.39 Å². The number of aromatic amines is 1. The topological polar surface area (TPSA) is 27.8 Å². The van der Waals surface area contributed by atoms with Crippen LogP contribution in [0.2, 0.25) is 0 Å². The van der Waals surface area contributed by atoms with E-state index in [1.165, 1.54) is 12.8 Å². The average Bonchev–Trinajstić information content (AvgIpc) is 2.53. The quantitative estimate of drug-likeness (QED) is 0.659. The summed E-state index contributed by atoms with van der Waals surface area (Å²) in [6, 6.07) is 2.04. The smallest absolute Gasteiger partial charge is 0.195 e. The van der Waals surface area contributed by atoms with Crippen molar-refractivity contribution < 1.29 is 4.39 Å². The lowest BCUT2D eigenvalue weighted by atomic mass is 10.00. The minimum absolute atomic E-state index is 0.186. The fourth-order valence-corrected chi connectivity index (χ4v) is 1.75. The Morgan fingerprint density at radius 2 is 2.33 bits per heavy atom. The van der Waals surface area contributed by atoms with Crippen molar-refractivity contribution in [2.24, 2.45) is 0 Å². The molecular weight excluding hydrogens is 155 g/mol. The number of rotatable bonds is 1. The highest BCUT2D eigenvalue weighted by molar-refractivity contribution is 5.16. The van der Waals surface area contributed by atoms with Crippen molar-refractivity contribution in [3.63, 3.8) is 0 Å². The molecule has 0 spiro atoms. The minimum atomic E-state index is -0.186. The number of hydrogen-bond acceptors (Lipinski definition) is 1. The molecule has 1 aromatic heterocycles. The van der Waals surface area contributed by atoms with Gasteiger partial charge in [-0.15, -0.1) is 0 Å². The summed E-state index contributed by atoms with van der Waals surface area (Å²) in [5, 5.41) is 3.30. The standard InChI is InChI=1S/C9H13FN2/c10-9-7(4-6-12-9)8-3-1-2-5-11-8/h4,6,8,11-12H,1-3,5H2. The summed E-state index contributed by atoms with van der Waals surface area (Å²) in [4.78, 5) is 2.56. The van der Waals surface area contributed by atoms with Crippen molar-refractivity contribution in [2.45, 2.75) is 25.3 Å². The molecule has 1 unspecified atom stereocenters. The highest BCUT2D eigenvalue weighted by Crippen LogP contribution is 2.24. The molecule has 0 aliphatic carbocycles. The molecule has 1 atom stereocenters. The summed E-state index contributed by atoms with van der Waals surface area (Å²) < 4.78 is 13.0. The molecule has 0 radical (unpaired) electrons. The molecule has 0 saturated carbocycles. The zero-order chi connectivity index (χ0) is 8.39. The fourth-order valence-electron chi connectivity index (χ4n) is 1.75. The van der Waals surface area contributed by atoms with Crippen molar-refractivity contribution >= 4 is 0 Å². The van der Waals surface area contributed by atoms with Gasteiger partial charge in [0, 0.05) is 17.8 Å². The van der Waals surface area contributed by atoms with Crippen LogP contribution >= 0.6 is 0 Å². The molecule has 66 valence electrons. The van der Waals surface area contributed by atoms with Crippen LogP contribution in [-0.2, 0) is 0 Å². The molecule has 3 heteroatoms. The van der Waals surface area contributed by atoms with Crippen LogP contribution in [0.25, 0.3) is 0 Å². The predicted octanol–water partition coefficient (Wildman–Crippen LogP) is 1.97. The van der Waals surface area contributed by atoms with Crippen molar-refractivity contribution in [1.29, 1.82) is 0 Å². The van der Waals surface area contributed by atoms with Crippen LogP contribution in [0.15, 0.2) is 12.3 Å². The molecule has 2 nitrogen and oxygen atoms in total. The molecule has 1 aromatic rings. The van der Waals surface area contributed by atoms with Gasteiger partial charge >= 0.3 is 0 Å². The Morgan fingerprint density at radius 3 is 2.92 bits per heavy atom. The van der Waals surface area contributed by atoms with Gasteiger partial charge in [0.1, 0.15) is 0 Å². The maximum Gasteiger partial charge on any atom is 0.195 e. The fraction of sp³-hybridized carbons (Fsp3) is 0.556. The Kier molecular flexibility index (Phi) is 2.13. The second-order valence-corrected chi connectivity index (χ2v) is 3.25. The molecule has 1 saturated heterocycles. The lowest BCUT2D eigenvalue weighted by molar-refractivity contribution is 0.398. The van der Waals surface area contributed by atoms with E-state index in [-0.39, 0.29) is 12.0 Å². The number of halogens is 1. The first-order valence-electron chi connectivity index (χ1n) is 4.44. The van der Waals surface area contributed by atoms with Gasteiger partial charge in [-0.3, -0.25) is 0 Å². The van der Waals surface area contributed by atoms with Crippen LogP contribution in [0, 0.1) is 5.95 Å². The number of H-pyrrole nitrogens is 1. The van der Waals surface area contributed by atoms with Gasteiger partial charge in [0.2, 0.25) is 0 Å². The average molecular weight is 168 g/mol. The van der Waals surface area contributed by atoms with Crippen LogP contribution in [0.4, 0.5) is 4.39 Å². The normalized spacial score (nSPS) is 24.2. The van der Waals surface area contributed by atoms with Crippen molar-refractivity contribution in [1.82, 2.24) is 10.3 Å². The molecule has 1 aliphatic rings. The van der Waals surface area contributed by atoms with Gasteiger partial charge in [0.25, 0.3) is 0 Å². The van der Waals surface area contributed by atoms with Crippen molar-refractivity contribution in [2.75, 3.05) is 6.54 Å². The Balaban J connectivity index is 2.13. The number of piperidine rings is 1. The van der Waals surface area contributed by atoms with E-state index in [1.54, 1.807) is 6.20 Å². The SMILES string of the molecule is Fc1[nH]ccc1C1CCCCN1. The summed E-state index contributed by atoms with van der Waals surface area (Å²) >= 11 is 0. The Bertz CT molecular complexity index is 251. The van der Waals surface area contributed by atoms with E-state index < -0.39 is 0 Å². The van der Waals surface area contributed by atoms with Gasteiger partial charge in [-0.1, -0.05) is 6.42 Å². The first kappa shape index (κ1) is 7.80. The number of aromatic nitrogens is 1. The number of nitrogens with one attached hydrogen (secondary N) is 2. The van der Waals surface area contributed by atoms with E-state index in [2.05, 4.69) is 10.3 Å². The van der Waals surface area contributed by atoms with E-state index in [4.69, 9.17) is 0 Å². The Labute approximate surface area is 71.2 Å². The van der Waals surface area contributed by atoms with E-state index in [1.807, 2.05) is 6.07 Å². The van der Waals surface area contributed by atoms with Crippen LogP contribution < -0.4 is 5.32 Å². The van der Waals surface area contributed by atoms with Gasteiger partial charge < -0.3 is 10.3 Å². The predicted molar refractivity (Wildman–Crippen MR) is 45.3 cm³/mol. The second kappa shape index (κ2) is 3.27. The molecular formula is C9H13FN2. The third-order valence-corrected chi connectivity index (χ3v) is 2.41. The highest BCUT2D eigenvalue weighted by Gasteiger charge is 2.18. The zero-order valence-electron chi connectivity index (χ0n) is 6.94. The van der Waals surface area contributed by atoms with Crippen molar-refractivity contribution in [3.05, 3.63) is 23.8 Å². The monoisotopic (exact) mass is 168 g/mol. The summed E-state index contributed by atoms with van der Waals surface area (Å²) in [7, 11) is 0. The number of hydrogen-bond donors (Lipinski definition) is 2. The largest absolute Gasteiger partial charge is 0.338 e. The van der Waals surface area contributed by atoms with Crippen LogP contribution in [0.3, 0.4) is 0 Å². The molecule has 0 amide bonds. The van der Waals surface area contributed by atoms with Crippen LogP contribution in [0.5, 0.6) is 0 Å². The third-order valence-electron chi connectivity index (χ3n) is 2.41. The first-order valence-corrected chi connectivity index (χ1v) is 4.44. The van der Waals surface area contributed by atoms with Crippen LogP contribution in [0.1, 0.15) is 30.9 Å². The molecule has 2 heterocycles. The van der Waals surface area contributed by atoms with Gasteiger partial charge in [-0.05, 0) is 25.5 Å². The molecule has 2 N–H and O–H groups in total. The maximum atomic E-state index is 13.0. The summed E-state index contributed by atoms with van der Waals surface area (Å²) in [6.07, 6.45) is 5.11. The zero-order valence-corrected chi connectivity index (χ0v) is 6.94. The first-order chi connectivity index (χ1) is 5.88. The lowest BCUT2D eigenvalue weighted by Gasteiger charge is -2.22. The second-order valence-electron chi connectivity index (χ2n) is 3.25. The van der Waals surface area contributed by atoms with E-state index >= 15 is 0 Å². The van der Waals surface area contributed by atoms with Gasteiger partial charge in [0.05, 0.1) is 0 Å². The third kappa shape index (κ3) is 1.37. The molecule has 2 rings (SSSR count). The molecule has 0 bridgehead atoms. The van der Waals surface area contributed by atoms with E-state index in [0.717, 1.165) is 18.5 Å². The lowest BCUT2D eigenvalue weighted by Crippen LogP contribution is -2.27. The van der Waals surface area contributed by atoms with Crippen LogP contribution in [-0.4, -0.2) is 11.5 Å². The van der Waals surface area contributed by atoms with Crippen molar-refractivity contribution in [3.8, 4) is 0 Å². The summed E-state index contributed by atoms with van der Waals surface area (Å²) in [5.74, 6) is -0.186. The van der Waals surface area contributed by atoms with E-state index in [9.17, 15) is 4.39 Å². The molecule has 12 heavy (non-hydrogen) atoms. The Morgan fingerprint density at radius 1 is 1.42 bits per heavy atom. The summed E-state index contributed by atoms with van der Waals surface area (Å²) in [5.41, 5.74) is 0.787. The minimum Gasteiger partial charge on any atom is -0.338 e. The van der Waals surface area contributed by atoms with E-state index in [0.29, 0.717) is 0 Å². The van der Waals surface area contributed by atoms with Gasteiger partial charge in [0.15, 0.2) is 5.95 Å². The van der Waals surface area contributed by atoms with Gasteiger partial charge in [-0.25, -0.2) is 0 Å². The molecule has 1 aliphatic heterocycles. The summed E-state index contributed by atoms with van der Waals surface area (Å²) in [6.45, 7) is 1.01. The maximum absolute atomic E-state index is 13.0. The molecule has 1 fully saturated rings.